The molecule has 3 aromatic carbocycles. The molecule has 0 spiro atoms. The van der Waals surface area contributed by atoms with Crippen molar-refractivity contribution in [3.63, 3.8) is 0 Å². The fourth-order valence-electron chi connectivity index (χ4n) is 2.69. The molecule has 0 atom stereocenters. The Balaban J connectivity index is 1.69. The number of carbonyl (C=O) groups excluding carboxylic acids is 2. The van der Waals surface area contributed by atoms with E-state index >= 15 is 0 Å². The number of nitrogens with one attached hydrogen (secondary N) is 1. The normalized spacial score (nSPS) is 10.6. The molecular formula is C24H21BrN2O5. The third kappa shape index (κ3) is 6.18. The first-order valence-corrected chi connectivity index (χ1v) is 10.5. The van der Waals surface area contributed by atoms with Gasteiger partial charge in [-0.05, 0) is 73.7 Å². The number of rotatable bonds is 8. The largest absolute Gasteiger partial charge is 0.497 e. The monoisotopic (exact) mass is 496 g/mol. The molecule has 164 valence electrons. The Morgan fingerprint density at radius 1 is 0.969 bits per heavy atom. The number of hydrazone groups is 1. The quantitative estimate of drug-likeness (QED) is 0.208. The van der Waals surface area contributed by atoms with Crippen LogP contribution in [-0.4, -0.2) is 31.8 Å². The maximum absolute atomic E-state index is 12.5. The van der Waals surface area contributed by atoms with Gasteiger partial charge in [-0.15, -0.1) is 0 Å². The lowest BCUT2D eigenvalue weighted by atomic mass is 10.2. The molecule has 0 aromatic heterocycles. The summed E-state index contributed by atoms with van der Waals surface area (Å²) in [5, 5.41) is 3.99. The second-order valence-electron chi connectivity index (χ2n) is 6.46. The molecule has 0 fully saturated rings. The summed E-state index contributed by atoms with van der Waals surface area (Å²) in [6, 6.07) is 18.4. The lowest BCUT2D eigenvalue weighted by Crippen LogP contribution is -2.17. The lowest BCUT2D eigenvalue weighted by Gasteiger charge is -2.09. The molecule has 0 aliphatic carbocycles. The van der Waals surface area contributed by atoms with Gasteiger partial charge in [-0.2, -0.15) is 5.10 Å². The maximum Gasteiger partial charge on any atom is 0.343 e. The molecule has 7 nitrogen and oxygen atoms in total. The van der Waals surface area contributed by atoms with Gasteiger partial charge in [0.2, 0.25) is 0 Å². The first kappa shape index (κ1) is 23.0. The minimum Gasteiger partial charge on any atom is -0.497 e. The summed E-state index contributed by atoms with van der Waals surface area (Å²) < 4.78 is 16.8. The minimum absolute atomic E-state index is 0.300. The molecule has 0 heterocycles. The summed E-state index contributed by atoms with van der Waals surface area (Å²) in [6.07, 6.45) is 1.41. The average molecular weight is 497 g/mol. The van der Waals surface area contributed by atoms with Crippen molar-refractivity contribution in [1.82, 2.24) is 5.43 Å². The highest BCUT2D eigenvalue weighted by atomic mass is 79.9. The molecule has 32 heavy (non-hydrogen) atoms. The molecule has 8 heteroatoms. The number of hydrogen-bond donors (Lipinski definition) is 1. The lowest BCUT2D eigenvalue weighted by molar-refractivity contribution is 0.0734. The summed E-state index contributed by atoms with van der Waals surface area (Å²) in [5.41, 5.74) is 3.77. The molecule has 0 saturated carbocycles. The number of esters is 1. The number of methoxy groups -OCH3 is 1. The Morgan fingerprint density at radius 3 is 2.28 bits per heavy atom. The van der Waals surface area contributed by atoms with E-state index in [-0.39, 0.29) is 5.91 Å². The van der Waals surface area contributed by atoms with E-state index in [1.54, 1.807) is 73.8 Å². The first-order valence-electron chi connectivity index (χ1n) is 9.72. The number of nitrogens with zero attached hydrogens (tertiary/aromatic N) is 1. The predicted molar refractivity (Wildman–Crippen MR) is 125 cm³/mol. The smallest absolute Gasteiger partial charge is 0.343 e. The van der Waals surface area contributed by atoms with Crippen LogP contribution in [0.4, 0.5) is 0 Å². The van der Waals surface area contributed by atoms with E-state index in [1.165, 1.54) is 6.21 Å². The zero-order valence-corrected chi connectivity index (χ0v) is 19.1. The van der Waals surface area contributed by atoms with Crippen LogP contribution >= 0.6 is 15.9 Å². The molecule has 0 aliphatic rings. The Labute approximate surface area is 194 Å². The van der Waals surface area contributed by atoms with Crippen molar-refractivity contribution >= 4 is 34.0 Å². The standard InChI is InChI=1S/C24H21BrN2O5/c1-3-31-21-11-6-17(7-12-21)24(29)32-22-13-8-19(25)14-18(22)15-26-27-23(28)16-4-9-20(30-2)10-5-16/h4-15H,3H2,1-2H3,(H,27,28)/b26-15-. The number of ether oxygens (including phenoxy) is 3. The van der Waals surface area contributed by atoms with E-state index < -0.39 is 5.97 Å². The van der Waals surface area contributed by atoms with Crippen molar-refractivity contribution in [1.29, 1.82) is 0 Å². The van der Waals surface area contributed by atoms with Crippen molar-refractivity contribution in [3.8, 4) is 17.2 Å². The maximum atomic E-state index is 12.5. The van der Waals surface area contributed by atoms with Crippen LogP contribution in [0, 0.1) is 0 Å². The Morgan fingerprint density at radius 2 is 1.62 bits per heavy atom. The van der Waals surface area contributed by atoms with E-state index in [0.717, 1.165) is 4.47 Å². The van der Waals surface area contributed by atoms with Crippen LogP contribution in [0.1, 0.15) is 33.2 Å². The molecular weight excluding hydrogens is 476 g/mol. The Kier molecular flexibility index (Phi) is 7.99. The van der Waals surface area contributed by atoms with Crippen LogP contribution in [-0.2, 0) is 0 Å². The molecule has 0 unspecified atom stereocenters. The highest BCUT2D eigenvalue weighted by molar-refractivity contribution is 9.10. The van der Waals surface area contributed by atoms with Gasteiger partial charge in [0.05, 0.1) is 25.5 Å². The topological polar surface area (TPSA) is 86.2 Å². The van der Waals surface area contributed by atoms with Crippen molar-refractivity contribution in [3.05, 3.63) is 87.9 Å². The second-order valence-corrected chi connectivity index (χ2v) is 7.37. The summed E-state index contributed by atoms with van der Waals surface area (Å²) in [7, 11) is 1.55. The number of benzene rings is 3. The molecule has 0 radical (unpaired) electrons. The fraction of sp³-hybridized carbons (Fsp3) is 0.125. The van der Waals surface area contributed by atoms with Crippen LogP contribution in [0.3, 0.4) is 0 Å². The van der Waals surface area contributed by atoms with Gasteiger partial charge >= 0.3 is 5.97 Å². The van der Waals surface area contributed by atoms with E-state index in [1.807, 2.05) is 6.92 Å². The predicted octanol–water partition coefficient (Wildman–Crippen LogP) is 4.84. The molecule has 3 rings (SSSR count). The molecule has 0 saturated heterocycles. The number of amides is 1. The SMILES string of the molecule is CCOc1ccc(C(=O)Oc2ccc(Br)cc2/C=N\NC(=O)c2ccc(OC)cc2)cc1. The summed E-state index contributed by atoms with van der Waals surface area (Å²) >= 11 is 3.39. The zero-order valence-electron chi connectivity index (χ0n) is 17.5. The van der Waals surface area contributed by atoms with Gasteiger partial charge in [0, 0.05) is 15.6 Å². The molecule has 3 aromatic rings. The highest BCUT2D eigenvalue weighted by Crippen LogP contribution is 2.23. The summed E-state index contributed by atoms with van der Waals surface area (Å²) in [4.78, 5) is 24.8. The third-order valence-electron chi connectivity index (χ3n) is 4.30. The van der Waals surface area contributed by atoms with Crippen molar-refractivity contribution in [2.24, 2.45) is 5.10 Å². The number of carbonyl (C=O) groups is 2. The van der Waals surface area contributed by atoms with Crippen molar-refractivity contribution < 1.29 is 23.8 Å². The Bertz CT molecular complexity index is 1110. The summed E-state index contributed by atoms with van der Waals surface area (Å²) in [6.45, 7) is 2.43. The van der Waals surface area contributed by atoms with E-state index in [2.05, 4.69) is 26.5 Å². The number of hydrogen-bond acceptors (Lipinski definition) is 6. The van der Waals surface area contributed by atoms with Crippen LogP contribution in [0.2, 0.25) is 0 Å². The molecule has 0 aliphatic heterocycles. The number of halogens is 1. The van der Waals surface area contributed by atoms with Gasteiger partial charge in [0.25, 0.3) is 5.91 Å². The second kappa shape index (κ2) is 11.1. The summed E-state index contributed by atoms with van der Waals surface area (Å²) in [5.74, 6) is 0.722. The van der Waals surface area contributed by atoms with Crippen molar-refractivity contribution in [2.75, 3.05) is 13.7 Å². The first-order chi connectivity index (χ1) is 15.5. The molecule has 1 amide bonds. The van der Waals surface area contributed by atoms with Crippen LogP contribution in [0.5, 0.6) is 17.2 Å². The van der Waals surface area contributed by atoms with E-state index in [0.29, 0.717) is 40.5 Å². The molecule has 0 bridgehead atoms. The average Bonchev–Trinajstić information content (AvgIpc) is 2.81. The Hall–Kier alpha value is -3.65. The zero-order chi connectivity index (χ0) is 22.9. The fourth-order valence-corrected chi connectivity index (χ4v) is 3.07. The van der Waals surface area contributed by atoms with E-state index in [9.17, 15) is 9.59 Å². The molecule has 1 N–H and O–H groups in total. The highest BCUT2D eigenvalue weighted by Gasteiger charge is 2.12. The van der Waals surface area contributed by atoms with Crippen molar-refractivity contribution in [2.45, 2.75) is 6.92 Å². The van der Waals surface area contributed by atoms with Gasteiger partial charge in [0.1, 0.15) is 17.2 Å². The van der Waals surface area contributed by atoms with Crippen LogP contribution in [0.25, 0.3) is 0 Å². The van der Waals surface area contributed by atoms with Gasteiger partial charge in [-0.1, -0.05) is 15.9 Å². The van der Waals surface area contributed by atoms with Crippen LogP contribution < -0.4 is 19.6 Å². The van der Waals surface area contributed by atoms with Gasteiger partial charge < -0.3 is 14.2 Å². The van der Waals surface area contributed by atoms with Gasteiger partial charge in [0.15, 0.2) is 0 Å². The van der Waals surface area contributed by atoms with Gasteiger partial charge in [-0.3, -0.25) is 4.79 Å². The van der Waals surface area contributed by atoms with Gasteiger partial charge in [-0.25, -0.2) is 10.2 Å². The minimum atomic E-state index is -0.521. The van der Waals surface area contributed by atoms with Crippen LogP contribution in [0.15, 0.2) is 76.3 Å². The third-order valence-corrected chi connectivity index (χ3v) is 4.79. The van der Waals surface area contributed by atoms with E-state index in [4.69, 9.17) is 14.2 Å².